The summed E-state index contributed by atoms with van der Waals surface area (Å²) in [5.41, 5.74) is 6.91. The maximum atomic E-state index is 6.67. The molecule has 4 aliphatic carbocycles. The van der Waals surface area contributed by atoms with Crippen LogP contribution in [0.1, 0.15) is 46.0 Å². The van der Waals surface area contributed by atoms with E-state index in [1.165, 1.54) is 32.1 Å². The highest BCUT2D eigenvalue weighted by atomic mass is 14.8. The number of hydrogen-bond acceptors (Lipinski definition) is 1. The summed E-state index contributed by atoms with van der Waals surface area (Å²) in [5, 5.41) is 0. The second kappa shape index (κ2) is 2.75. The summed E-state index contributed by atoms with van der Waals surface area (Å²) in [6, 6.07) is 0. The highest BCUT2D eigenvalue weighted by Gasteiger charge is 2.55. The van der Waals surface area contributed by atoms with Crippen LogP contribution in [-0.4, -0.2) is 5.54 Å². The normalized spacial score (nSPS) is 55.7. The van der Waals surface area contributed by atoms with Crippen LogP contribution in [0.2, 0.25) is 0 Å². The molecular formula is C13H23N. The van der Waals surface area contributed by atoms with Crippen molar-refractivity contribution in [2.75, 3.05) is 0 Å². The Kier molecular flexibility index (Phi) is 1.81. The zero-order valence-electron chi connectivity index (χ0n) is 9.50. The monoisotopic (exact) mass is 193 g/mol. The molecule has 0 amide bonds. The molecule has 4 bridgehead atoms. The lowest BCUT2D eigenvalue weighted by molar-refractivity contribution is -0.0734. The average Bonchev–Trinajstić information content (AvgIpc) is 1.97. The van der Waals surface area contributed by atoms with Gasteiger partial charge in [-0.2, -0.15) is 0 Å². The van der Waals surface area contributed by atoms with Crippen molar-refractivity contribution < 1.29 is 0 Å². The van der Waals surface area contributed by atoms with Crippen LogP contribution in [0.4, 0.5) is 0 Å². The Morgan fingerprint density at radius 1 is 1.07 bits per heavy atom. The topological polar surface area (TPSA) is 26.0 Å². The van der Waals surface area contributed by atoms with Gasteiger partial charge in [0.15, 0.2) is 0 Å². The lowest BCUT2D eigenvalue weighted by Crippen LogP contribution is -2.63. The molecule has 0 radical (unpaired) electrons. The van der Waals surface area contributed by atoms with Gasteiger partial charge in [0.25, 0.3) is 0 Å². The van der Waals surface area contributed by atoms with Crippen LogP contribution in [0.5, 0.6) is 0 Å². The molecular weight excluding hydrogens is 170 g/mol. The van der Waals surface area contributed by atoms with Crippen LogP contribution >= 0.6 is 0 Å². The fourth-order valence-corrected chi connectivity index (χ4v) is 5.35. The highest BCUT2D eigenvalue weighted by molar-refractivity contribution is 5.09. The molecule has 4 aliphatic rings. The molecule has 2 N–H and O–H groups in total. The van der Waals surface area contributed by atoms with Gasteiger partial charge in [-0.3, -0.25) is 0 Å². The first kappa shape index (κ1) is 9.21. The third kappa shape index (κ3) is 1.11. The van der Waals surface area contributed by atoms with Crippen LogP contribution in [-0.2, 0) is 0 Å². The van der Waals surface area contributed by atoms with E-state index >= 15 is 0 Å². The quantitative estimate of drug-likeness (QED) is 0.681. The smallest absolute Gasteiger partial charge is 0.0193 e. The minimum atomic E-state index is 0.239. The van der Waals surface area contributed by atoms with Crippen LogP contribution in [0.3, 0.4) is 0 Å². The number of nitrogens with two attached hydrogens (primary N) is 1. The molecule has 0 aromatic heterocycles. The highest BCUT2D eigenvalue weighted by Crippen LogP contribution is 2.59. The van der Waals surface area contributed by atoms with Crippen molar-refractivity contribution in [1.29, 1.82) is 0 Å². The van der Waals surface area contributed by atoms with Gasteiger partial charge >= 0.3 is 0 Å². The van der Waals surface area contributed by atoms with E-state index in [9.17, 15) is 0 Å². The van der Waals surface area contributed by atoms with Crippen molar-refractivity contribution in [3.8, 4) is 0 Å². The molecule has 0 aromatic carbocycles. The van der Waals surface area contributed by atoms with Crippen LogP contribution < -0.4 is 5.73 Å². The fraction of sp³-hybridized carbons (Fsp3) is 1.00. The minimum Gasteiger partial charge on any atom is -0.325 e. The maximum Gasteiger partial charge on any atom is 0.0193 e. The van der Waals surface area contributed by atoms with Crippen molar-refractivity contribution in [2.45, 2.75) is 51.5 Å². The first-order chi connectivity index (χ1) is 6.58. The molecule has 0 spiro atoms. The summed E-state index contributed by atoms with van der Waals surface area (Å²) in [6.07, 6.45) is 7.17. The molecule has 0 heterocycles. The van der Waals surface area contributed by atoms with Gasteiger partial charge in [0.05, 0.1) is 0 Å². The Morgan fingerprint density at radius 2 is 1.64 bits per heavy atom. The van der Waals surface area contributed by atoms with Crippen molar-refractivity contribution in [1.82, 2.24) is 0 Å². The first-order valence-corrected chi connectivity index (χ1v) is 6.37. The largest absolute Gasteiger partial charge is 0.325 e. The van der Waals surface area contributed by atoms with Crippen LogP contribution in [0, 0.1) is 29.6 Å². The van der Waals surface area contributed by atoms with E-state index in [4.69, 9.17) is 5.73 Å². The SMILES string of the molecule is CC(C)C1C2C[C@@H]3C[C@H](C2)CC1(N)C3. The summed E-state index contributed by atoms with van der Waals surface area (Å²) < 4.78 is 0. The third-order valence-electron chi connectivity index (χ3n) is 5.17. The standard InChI is InChI=1S/C13H23N/c1-8(2)12-11-4-9-3-10(5-11)7-13(12,14)6-9/h8-12H,3-7,14H2,1-2H3/t9-,10+,11?,12?,13?. The van der Waals surface area contributed by atoms with E-state index < -0.39 is 0 Å². The predicted molar refractivity (Wildman–Crippen MR) is 58.8 cm³/mol. The van der Waals surface area contributed by atoms with E-state index in [-0.39, 0.29) is 5.54 Å². The number of hydrogen-bond donors (Lipinski definition) is 1. The molecule has 0 saturated heterocycles. The van der Waals surface area contributed by atoms with Gasteiger partial charge in [0.1, 0.15) is 0 Å². The van der Waals surface area contributed by atoms with Gasteiger partial charge in [-0.25, -0.2) is 0 Å². The summed E-state index contributed by atoms with van der Waals surface area (Å²) in [5.74, 6) is 4.59. The molecule has 0 aliphatic heterocycles. The van der Waals surface area contributed by atoms with Crippen LogP contribution in [0.25, 0.3) is 0 Å². The zero-order chi connectivity index (χ0) is 9.92. The van der Waals surface area contributed by atoms with Crippen molar-refractivity contribution in [3.63, 3.8) is 0 Å². The lowest BCUT2D eigenvalue weighted by Gasteiger charge is -2.61. The second-order valence-corrected chi connectivity index (χ2v) is 6.61. The van der Waals surface area contributed by atoms with E-state index in [0.717, 1.165) is 29.6 Å². The maximum absolute atomic E-state index is 6.67. The Labute approximate surface area is 87.4 Å². The number of rotatable bonds is 1. The zero-order valence-corrected chi connectivity index (χ0v) is 9.50. The van der Waals surface area contributed by atoms with Gasteiger partial charge in [0.2, 0.25) is 0 Å². The van der Waals surface area contributed by atoms with E-state index in [0.29, 0.717) is 0 Å². The van der Waals surface area contributed by atoms with Gasteiger partial charge in [-0.1, -0.05) is 13.8 Å². The summed E-state index contributed by atoms with van der Waals surface area (Å²) in [6.45, 7) is 4.75. The van der Waals surface area contributed by atoms with Gasteiger partial charge < -0.3 is 5.73 Å². The average molecular weight is 193 g/mol. The van der Waals surface area contributed by atoms with E-state index in [1.807, 2.05) is 0 Å². The minimum absolute atomic E-state index is 0.239. The van der Waals surface area contributed by atoms with Gasteiger partial charge in [-0.15, -0.1) is 0 Å². The Balaban J connectivity index is 1.94. The van der Waals surface area contributed by atoms with Crippen molar-refractivity contribution >= 4 is 0 Å². The summed E-state index contributed by atoms with van der Waals surface area (Å²) >= 11 is 0. The Hall–Kier alpha value is -0.0400. The summed E-state index contributed by atoms with van der Waals surface area (Å²) in [4.78, 5) is 0. The molecule has 1 nitrogen and oxygen atoms in total. The molecule has 80 valence electrons. The second-order valence-electron chi connectivity index (χ2n) is 6.61. The fourth-order valence-electron chi connectivity index (χ4n) is 5.35. The van der Waals surface area contributed by atoms with E-state index in [1.54, 1.807) is 0 Å². The van der Waals surface area contributed by atoms with Crippen molar-refractivity contribution in [3.05, 3.63) is 0 Å². The first-order valence-electron chi connectivity index (χ1n) is 6.37. The predicted octanol–water partition coefficient (Wildman–Crippen LogP) is 2.80. The van der Waals surface area contributed by atoms with Gasteiger partial charge in [0, 0.05) is 5.54 Å². The van der Waals surface area contributed by atoms with Gasteiger partial charge in [-0.05, 0) is 61.7 Å². The molecule has 14 heavy (non-hydrogen) atoms. The molecule has 4 rings (SSSR count). The Morgan fingerprint density at radius 3 is 2.07 bits per heavy atom. The van der Waals surface area contributed by atoms with Crippen LogP contribution in [0.15, 0.2) is 0 Å². The molecule has 1 heteroatoms. The Bertz CT molecular complexity index is 232. The molecule has 0 aromatic rings. The molecule has 4 fully saturated rings. The lowest BCUT2D eigenvalue weighted by atomic mass is 9.47. The van der Waals surface area contributed by atoms with E-state index in [2.05, 4.69) is 13.8 Å². The molecule has 4 saturated carbocycles. The van der Waals surface area contributed by atoms with Crippen molar-refractivity contribution in [2.24, 2.45) is 35.3 Å². The summed E-state index contributed by atoms with van der Waals surface area (Å²) in [7, 11) is 0. The third-order valence-corrected chi connectivity index (χ3v) is 5.17. The molecule has 5 atom stereocenters. The molecule has 3 unspecified atom stereocenters.